The third-order valence-corrected chi connectivity index (χ3v) is 2.70. The summed E-state index contributed by atoms with van der Waals surface area (Å²) in [5, 5.41) is 1.17. The van der Waals surface area contributed by atoms with E-state index < -0.39 is 9.99 Å². The van der Waals surface area contributed by atoms with Gasteiger partial charge in [0.2, 0.25) is 0 Å². The zero-order valence-electron chi connectivity index (χ0n) is 6.55. The molecule has 0 fully saturated rings. The quantitative estimate of drug-likeness (QED) is 0.396. The van der Waals surface area contributed by atoms with Crippen LogP contribution in [0.5, 0.6) is 0 Å². The fourth-order valence-corrected chi connectivity index (χ4v) is 1.78. The number of rotatable bonds is 5. The molecule has 0 aromatic heterocycles. The summed E-state index contributed by atoms with van der Waals surface area (Å²) in [6, 6.07) is 0. The molecule has 2 N–H and O–H groups in total. The Kier molecular flexibility index (Phi) is 5.95. The van der Waals surface area contributed by atoms with Crippen molar-refractivity contribution in [3.8, 4) is 0 Å². The molecule has 68 valence electrons. The molecular formula is C6H14ClNO2S. The summed E-state index contributed by atoms with van der Waals surface area (Å²) in [6.07, 6.45) is 1.90. The fraction of sp³-hybridized carbons (Fsp3) is 0.833. The first kappa shape index (κ1) is 11.2. The largest absolute Gasteiger partial charge is 0.302 e. The van der Waals surface area contributed by atoms with Crippen molar-refractivity contribution in [2.75, 3.05) is 12.4 Å². The highest BCUT2D eigenvalue weighted by atomic mass is 35.5. The van der Waals surface area contributed by atoms with Crippen molar-refractivity contribution in [3.05, 3.63) is 0 Å². The standard InChI is InChI=1S/C6H14ClNO2S/c1-2-3-5-8-11(9,10)6-4-7/h6H,2-5H2,1H3,(H2,8,9,10). The molecule has 11 heavy (non-hydrogen) atoms. The predicted molar refractivity (Wildman–Crippen MR) is 50.5 cm³/mol. The monoisotopic (exact) mass is 199 g/mol. The second kappa shape index (κ2) is 5.83. The van der Waals surface area contributed by atoms with Gasteiger partial charge in [0.15, 0.2) is 0 Å². The molecule has 0 rings (SSSR count). The Morgan fingerprint density at radius 1 is 1.73 bits per heavy atom. The number of nitrogens with one attached hydrogen (secondary N) is 1. The summed E-state index contributed by atoms with van der Waals surface area (Å²) >= 11 is 5.26. The Balaban J connectivity index is 3.74. The first-order valence-corrected chi connectivity index (χ1v) is 5.64. The van der Waals surface area contributed by atoms with Crippen LogP contribution >= 0.6 is 11.6 Å². The van der Waals surface area contributed by atoms with E-state index in [-0.39, 0.29) is 5.88 Å². The van der Waals surface area contributed by atoms with Crippen molar-refractivity contribution >= 4 is 27.0 Å². The summed E-state index contributed by atoms with van der Waals surface area (Å²) in [5.41, 5.74) is 0. The molecule has 0 heterocycles. The lowest BCUT2D eigenvalue weighted by Gasteiger charge is -2.03. The van der Waals surface area contributed by atoms with Crippen molar-refractivity contribution in [2.45, 2.75) is 19.8 Å². The van der Waals surface area contributed by atoms with Gasteiger partial charge in [-0.1, -0.05) is 13.3 Å². The third kappa shape index (κ3) is 6.62. The van der Waals surface area contributed by atoms with Crippen molar-refractivity contribution in [2.24, 2.45) is 0 Å². The highest BCUT2D eigenvalue weighted by Crippen LogP contribution is 1.85. The van der Waals surface area contributed by atoms with E-state index in [1.54, 1.807) is 0 Å². The molecule has 0 aromatic rings. The average molecular weight is 200 g/mol. The zero-order valence-corrected chi connectivity index (χ0v) is 8.12. The van der Waals surface area contributed by atoms with Crippen LogP contribution in [0.25, 0.3) is 0 Å². The summed E-state index contributed by atoms with van der Waals surface area (Å²) < 4.78 is 22.5. The van der Waals surface area contributed by atoms with Gasteiger partial charge in [-0.15, -0.1) is 11.6 Å². The van der Waals surface area contributed by atoms with E-state index in [9.17, 15) is 4.21 Å². The van der Waals surface area contributed by atoms with Crippen LogP contribution < -0.4 is 4.72 Å². The van der Waals surface area contributed by atoms with Gasteiger partial charge in [-0.2, -0.15) is 0 Å². The van der Waals surface area contributed by atoms with Crippen molar-refractivity contribution in [3.63, 3.8) is 0 Å². The van der Waals surface area contributed by atoms with Crippen molar-refractivity contribution in [1.29, 1.82) is 0 Å². The van der Waals surface area contributed by atoms with Crippen LogP contribution in [0.15, 0.2) is 0 Å². The number of hydrogen-bond acceptors (Lipinski definition) is 1. The molecule has 0 aliphatic carbocycles. The molecule has 1 atom stereocenters. The Morgan fingerprint density at radius 3 is 2.82 bits per heavy atom. The zero-order chi connectivity index (χ0) is 8.74. The van der Waals surface area contributed by atoms with Crippen LogP contribution in [0.2, 0.25) is 0 Å². The lowest BCUT2D eigenvalue weighted by Crippen LogP contribution is -2.25. The number of alkyl halides is 1. The van der Waals surface area contributed by atoms with Gasteiger partial charge >= 0.3 is 0 Å². The van der Waals surface area contributed by atoms with Gasteiger partial charge in [-0.3, -0.25) is 0 Å². The minimum Gasteiger partial charge on any atom is -0.302 e. The summed E-state index contributed by atoms with van der Waals surface area (Å²) in [7, 11) is -2.96. The lowest BCUT2D eigenvalue weighted by atomic mass is 10.3. The van der Waals surface area contributed by atoms with Gasteiger partial charge in [0, 0.05) is 11.9 Å². The molecule has 0 aliphatic heterocycles. The SMILES string of the molecule is CCCCNS(=O)(O)=CCCl. The maximum atomic E-state index is 11.0. The van der Waals surface area contributed by atoms with Crippen LogP contribution in [-0.4, -0.2) is 26.6 Å². The molecule has 0 bridgehead atoms. The normalized spacial score (nSPS) is 15.9. The molecule has 0 saturated carbocycles. The van der Waals surface area contributed by atoms with E-state index >= 15 is 0 Å². The molecule has 0 aromatic carbocycles. The van der Waals surface area contributed by atoms with Gasteiger partial charge in [-0.05, 0) is 6.42 Å². The molecule has 0 spiro atoms. The minimum atomic E-state index is -2.96. The van der Waals surface area contributed by atoms with Crippen molar-refractivity contribution in [1.82, 2.24) is 4.72 Å². The van der Waals surface area contributed by atoms with Gasteiger partial charge < -0.3 is 4.55 Å². The van der Waals surface area contributed by atoms with Gasteiger partial charge in [0.25, 0.3) is 0 Å². The Bertz CT molecular complexity index is 199. The van der Waals surface area contributed by atoms with E-state index in [1.165, 1.54) is 5.37 Å². The maximum absolute atomic E-state index is 11.0. The Morgan fingerprint density at radius 2 is 2.36 bits per heavy atom. The van der Waals surface area contributed by atoms with Crippen LogP contribution in [0.4, 0.5) is 0 Å². The molecule has 1 unspecified atom stereocenters. The summed E-state index contributed by atoms with van der Waals surface area (Å²) in [4.78, 5) is 0. The van der Waals surface area contributed by atoms with Gasteiger partial charge in [0.1, 0.15) is 9.99 Å². The second-order valence-electron chi connectivity index (χ2n) is 2.14. The Labute approximate surface area is 73.1 Å². The first-order chi connectivity index (χ1) is 5.12. The van der Waals surface area contributed by atoms with E-state index in [4.69, 9.17) is 16.2 Å². The molecular weight excluding hydrogens is 186 g/mol. The van der Waals surface area contributed by atoms with Gasteiger partial charge in [-0.25, -0.2) is 8.93 Å². The molecule has 0 saturated heterocycles. The predicted octanol–water partition coefficient (Wildman–Crippen LogP) is 1.09. The maximum Gasteiger partial charge on any atom is 0.142 e. The minimum absolute atomic E-state index is 0.0917. The number of halogens is 1. The highest BCUT2D eigenvalue weighted by molar-refractivity contribution is 7.94. The molecule has 5 heteroatoms. The highest BCUT2D eigenvalue weighted by Gasteiger charge is 1.96. The second-order valence-corrected chi connectivity index (χ2v) is 4.21. The topological polar surface area (TPSA) is 49.3 Å². The molecule has 0 aliphatic rings. The molecule has 0 amide bonds. The Hall–Kier alpha value is 0.230. The molecule has 3 nitrogen and oxygen atoms in total. The van der Waals surface area contributed by atoms with E-state index in [0.717, 1.165) is 12.8 Å². The number of hydrogen-bond donors (Lipinski definition) is 2. The third-order valence-electron chi connectivity index (χ3n) is 1.13. The molecule has 0 radical (unpaired) electrons. The van der Waals surface area contributed by atoms with E-state index in [1.807, 2.05) is 6.92 Å². The van der Waals surface area contributed by atoms with E-state index in [0.29, 0.717) is 6.54 Å². The van der Waals surface area contributed by atoms with Crippen molar-refractivity contribution < 1.29 is 8.76 Å². The lowest BCUT2D eigenvalue weighted by molar-refractivity contribution is 0.541. The van der Waals surface area contributed by atoms with Gasteiger partial charge in [0.05, 0.1) is 5.88 Å². The summed E-state index contributed by atoms with van der Waals surface area (Å²) in [6.45, 7) is 2.57. The van der Waals surface area contributed by atoms with Crippen LogP contribution in [0.1, 0.15) is 19.8 Å². The van der Waals surface area contributed by atoms with Crippen LogP contribution in [0.3, 0.4) is 0 Å². The summed E-state index contributed by atoms with van der Waals surface area (Å²) in [5.74, 6) is 0.0917. The average Bonchev–Trinajstić information content (AvgIpc) is 1.87. The first-order valence-electron chi connectivity index (χ1n) is 3.53. The van der Waals surface area contributed by atoms with Crippen LogP contribution in [-0.2, 0) is 9.99 Å². The fourth-order valence-electron chi connectivity index (χ4n) is 0.539. The number of unbranched alkanes of at least 4 members (excludes halogenated alkanes) is 1. The smallest absolute Gasteiger partial charge is 0.142 e. The van der Waals surface area contributed by atoms with E-state index in [2.05, 4.69) is 4.72 Å². The van der Waals surface area contributed by atoms with Crippen LogP contribution in [0, 0.1) is 0 Å².